The van der Waals surface area contributed by atoms with E-state index in [9.17, 15) is 19.3 Å². The van der Waals surface area contributed by atoms with Gasteiger partial charge in [0.1, 0.15) is 17.0 Å². The number of cyclic esters (lactones) is 1. The first kappa shape index (κ1) is 20.8. The summed E-state index contributed by atoms with van der Waals surface area (Å²) in [5.74, 6) is -0.933. The lowest BCUT2D eigenvalue weighted by Crippen LogP contribution is -2.39. The van der Waals surface area contributed by atoms with Gasteiger partial charge < -0.3 is 21.1 Å². The van der Waals surface area contributed by atoms with Crippen LogP contribution in [-0.2, 0) is 11.3 Å². The third kappa shape index (κ3) is 5.10. The molecule has 12 heteroatoms. The fourth-order valence-corrected chi connectivity index (χ4v) is 2.88. The molecule has 0 saturated carbocycles. The van der Waals surface area contributed by atoms with E-state index in [0.29, 0.717) is 12.2 Å². The average molecular weight is 417 g/mol. The number of halogens is 1. The number of nitrogens with zero attached hydrogens (tertiary/aromatic N) is 4. The summed E-state index contributed by atoms with van der Waals surface area (Å²) in [6.45, 7) is 2.42. The van der Waals surface area contributed by atoms with Gasteiger partial charge in [0.05, 0.1) is 36.7 Å². The molecule has 0 radical (unpaired) electrons. The number of pyridine rings is 1. The van der Waals surface area contributed by atoms with Crippen molar-refractivity contribution in [2.75, 3.05) is 23.3 Å². The molecule has 1 amide bonds. The van der Waals surface area contributed by atoms with Crippen LogP contribution >= 0.6 is 0 Å². The highest BCUT2D eigenvalue weighted by atomic mass is 19.1. The van der Waals surface area contributed by atoms with E-state index in [2.05, 4.69) is 20.7 Å². The molecule has 1 aliphatic rings. The first-order valence-electron chi connectivity index (χ1n) is 8.98. The number of guanidine groups is 1. The monoisotopic (exact) mass is 417 g/mol. The van der Waals surface area contributed by atoms with Gasteiger partial charge in [-0.2, -0.15) is 0 Å². The quantitative estimate of drug-likeness (QED) is 0.266. The second-order valence-electron chi connectivity index (χ2n) is 6.51. The van der Waals surface area contributed by atoms with Crippen LogP contribution in [0.3, 0.4) is 0 Å². The van der Waals surface area contributed by atoms with Crippen LogP contribution in [0, 0.1) is 22.9 Å². The standard InChI is InChI=1S/C18H20FN7O4/c1-11-3-2-6-21-16(11)9-22-15-5-4-12(7-14(15)19)25-10-13(30-18(25)27)8-23-17(20)24-26(28)29/h2-7,13,22H,8-10H2,1H3,(H3,20,23,24). The van der Waals surface area contributed by atoms with Crippen molar-refractivity contribution >= 4 is 23.4 Å². The summed E-state index contributed by atoms with van der Waals surface area (Å²) in [5, 5.41) is 17.7. The van der Waals surface area contributed by atoms with Crippen LogP contribution in [0.2, 0.25) is 0 Å². The van der Waals surface area contributed by atoms with Gasteiger partial charge in [0, 0.05) is 6.20 Å². The lowest BCUT2D eigenvalue weighted by atomic mass is 10.2. The molecule has 1 aromatic carbocycles. The van der Waals surface area contributed by atoms with Crippen molar-refractivity contribution in [2.45, 2.75) is 19.6 Å². The number of benzene rings is 1. The Labute approximate surface area is 170 Å². The van der Waals surface area contributed by atoms with Gasteiger partial charge in [-0.25, -0.2) is 19.3 Å². The van der Waals surface area contributed by atoms with Crippen molar-refractivity contribution in [3.05, 3.63) is 63.7 Å². The Morgan fingerprint density at radius 1 is 1.50 bits per heavy atom. The van der Waals surface area contributed by atoms with Crippen molar-refractivity contribution in [1.82, 2.24) is 10.3 Å². The maximum Gasteiger partial charge on any atom is 0.414 e. The van der Waals surface area contributed by atoms with Crippen molar-refractivity contribution < 1.29 is 19.0 Å². The molecular weight excluding hydrogens is 397 g/mol. The molecular formula is C18H20FN7O4. The Morgan fingerprint density at radius 3 is 3.00 bits per heavy atom. The maximum absolute atomic E-state index is 14.5. The summed E-state index contributed by atoms with van der Waals surface area (Å²) in [4.78, 5) is 27.9. The van der Waals surface area contributed by atoms with Crippen LogP contribution in [0.25, 0.3) is 0 Å². The molecule has 2 aromatic rings. The van der Waals surface area contributed by atoms with Crippen LogP contribution in [0.15, 0.2) is 41.6 Å². The Hall–Kier alpha value is -3.96. The van der Waals surface area contributed by atoms with E-state index in [0.717, 1.165) is 11.3 Å². The number of nitro groups is 1. The number of amides is 1. The normalized spacial score (nSPS) is 16.3. The van der Waals surface area contributed by atoms with Crippen LogP contribution in [0.1, 0.15) is 11.3 Å². The minimum atomic E-state index is -0.942. The van der Waals surface area contributed by atoms with Crippen LogP contribution in [0.5, 0.6) is 0 Å². The van der Waals surface area contributed by atoms with Crippen molar-refractivity contribution in [1.29, 1.82) is 0 Å². The molecule has 1 aromatic heterocycles. The molecule has 158 valence electrons. The molecule has 1 atom stereocenters. The molecule has 0 aliphatic carbocycles. The summed E-state index contributed by atoms with van der Waals surface area (Å²) >= 11 is 0. The van der Waals surface area contributed by atoms with Gasteiger partial charge in [-0.15, -0.1) is 0 Å². The van der Waals surface area contributed by atoms with Crippen molar-refractivity contribution in [3.63, 3.8) is 0 Å². The van der Waals surface area contributed by atoms with Crippen LogP contribution in [0.4, 0.5) is 20.6 Å². The molecule has 1 unspecified atom stereocenters. The number of carbonyl (C=O) groups excluding carboxylic acids is 1. The molecule has 1 aliphatic heterocycles. The van der Waals surface area contributed by atoms with E-state index in [4.69, 9.17) is 10.5 Å². The minimum absolute atomic E-state index is 0.0248. The summed E-state index contributed by atoms with van der Waals surface area (Å²) in [5.41, 5.74) is 7.73. The number of hydrazone groups is 1. The van der Waals surface area contributed by atoms with E-state index in [1.54, 1.807) is 12.3 Å². The molecule has 3 rings (SSSR count). The summed E-state index contributed by atoms with van der Waals surface area (Å²) in [6.07, 6.45) is 0.381. The topological polar surface area (TPSA) is 148 Å². The number of hydrogen-bond donors (Lipinski definition) is 3. The molecule has 2 heterocycles. The predicted molar refractivity (Wildman–Crippen MR) is 107 cm³/mol. The van der Waals surface area contributed by atoms with Gasteiger partial charge in [0.25, 0.3) is 5.96 Å². The number of hydrogen-bond acceptors (Lipinski definition) is 6. The lowest BCUT2D eigenvalue weighted by molar-refractivity contribution is -0.485. The highest BCUT2D eigenvalue weighted by Gasteiger charge is 2.32. The van der Waals surface area contributed by atoms with Crippen molar-refractivity contribution in [3.8, 4) is 0 Å². The Balaban J connectivity index is 1.61. The van der Waals surface area contributed by atoms with Crippen LogP contribution in [-0.4, -0.2) is 41.3 Å². The maximum atomic E-state index is 14.5. The van der Waals surface area contributed by atoms with Crippen molar-refractivity contribution in [2.24, 2.45) is 10.8 Å². The van der Waals surface area contributed by atoms with Gasteiger partial charge in [-0.1, -0.05) is 6.07 Å². The molecule has 1 fully saturated rings. The lowest BCUT2D eigenvalue weighted by Gasteiger charge is -2.15. The smallest absolute Gasteiger partial charge is 0.414 e. The zero-order valence-electron chi connectivity index (χ0n) is 16.0. The molecule has 11 nitrogen and oxygen atoms in total. The third-order valence-electron chi connectivity index (χ3n) is 4.40. The second kappa shape index (κ2) is 9.03. The number of nitrogens with two attached hydrogens (primary N) is 1. The third-order valence-corrected chi connectivity index (χ3v) is 4.40. The minimum Gasteiger partial charge on any atom is -0.442 e. The highest BCUT2D eigenvalue weighted by Crippen LogP contribution is 2.26. The van der Waals surface area contributed by atoms with Gasteiger partial charge in [-0.3, -0.25) is 9.88 Å². The van der Waals surface area contributed by atoms with Gasteiger partial charge in [0.15, 0.2) is 5.03 Å². The van der Waals surface area contributed by atoms with E-state index < -0.39 is 29.0 Å². The fourth-order valence-electron chi connectivity index (χ4n) is 2.88. The zero-order valence-corrected chi connectivity index (χ0v) is 16.0. The van der Waals surface area contributed by atoms with Crippen LogP contribution < -0.4 is 21.3 Å². The molecule has 4 N–H and O–H groups in total. The average Bonchev–Trinajstić information content (AvgIpc) is 3.06. The second-order valence-corrected chi connectivity index (χ2v) is 6.51. The number of nitrogens with one attached hydrogen (secondary N) is 2. The molecule has 0 bridgehead atoms. The van der Waals surface area contributed by atoms with E-state index >= 15 is 0 Å². The Morgan fingerprint density at radius 2 is 2.30 bits per heavy atom. The van der Waals surface area contributed by atoms with Gasteiger partial charge >= 0.3 is 6.09 Å². The summed E-state index contributed by atoms with van der Waals surface area (Å²) < 4.78 is 19.7. The summed E-state index contributed by atoms with van der Waals surface area (Å²) in [7, 11) is 0. The highest BCUT2D eigenvalue weighted by molar-refractivity contribution is 5.90. The van der Waals surface area contributed by atoms with E-state index in [1.165, 1.54) is 17.0 Å². The first-order valence-corrected chi connectivity index (χ1v) is 8.98. The van der Waals surface area contributed by atoms with E-state index in [1.807, 2.05) is 19.1 Å². The number of aromatic nitrogens is 1. The number of carbonyl (C=O) groups is 1. The molecule has 30 heavy (non-hydrogen) atoms. The predicted octanol–water partition coefficient (Wildman–Crippen LogP) is 1.56. The van der Waals surface area contributed by atoms with Gasteiger partial charge in [0.2, 0.25) is 0 Å². The first-order chi connectivity index (χ1) is 14.3. The fraction of sp³-hybridized carbons (Fsp3) is 0.278. The Bertz CT molecular complexity index is 985. The zero-order chi connectivity index (χ0) is 21.7. The molecule has 1 saturated heterocycles. The number of anilines is 2. The number of aryl methyl sites for hydroxylation is 1. The molecule has 0 spiro atoms. The SMILES string of the molecule is Cc1cccnc1CNc1ccc(N2CC(CN/C(N)=N/[N+](=O)[O-])OC2=O)cc1F. The number of rotatable bonds is 7. The van der Waals surface area contributed by atoms with Gasteiger partial charge in [-0.05, 0) is 36.8 Å². The summed E-state index contributed by atoms with van der Waals surface area (Å²) in [6, 6.07) is 8.10. The number of ether oxygens (including phenoxy) is 1. The largest absolute Gasteiger partial charge is 0.442 e. The van der Waals surface area contributed by atoms with E-state index in [-0.39, 0.29) is 18.8 Å². The Kier molecular flexibility index (Phi) is 6.25.